The lowest BCUT2D eigenvalue weighted by Crippen LogP contribution is -2.68. The van der Waals surface area contributed by atoms with Crippen LogP contribution in [0.25, 0.3) is 0 Å². The molecule has 11 atom stereocenters. The summed E-state index contributed by atoms with van der Waals surface area (Å²) in [4.78, 5) is 12.5. The van der Waals surface area contributed by atoms with E-state index in [2.05, 4.69) is 41.5 Å². The first-order valence-electron chi connectivity index (χ1n) is 14.9. The molecule has 0 aromatic rings. The third kappa shape index (κ3) is 4.13. The predicted molar refractivity (Wildman–Crippen MR) is 141 cm³/mol. The zero-order valence-corrected chi connectivity index (χ0v) is 23.4. The van der Waals surface area contributed by atoms with Gasteiger partial charge in [0.25, 0.3) is 0 Å². The molecule has 3 nitrogen and oxygen atoms in total. The monoisotopic (exact) mass is 473 g/mol. The van der Waals surface area contributed by atoms with E-state index in [4.69, 9.17) is 5.73 Å². The number of aliphatic hydroxyl groups excluding tert-OH is 1. The zero-order chi connectivity index (χ0) is 25.1. The molecule has 0 radical (unpaired) electrons. The fourth-order valence-corrected chi connectivity index (χ4v) is 10.5. The molecule has 34 heavy (non-hydrogen) atoms. The Balaban J connectivity index is 1.51. The Labute approximate surface area is 210 Å². The van der Waals surface area contributed by atoms with Gasteiger partial charge in [-0.25, -0.2) is 0 Å². The lowest BCUT2D eigenvalue weighted by atomic mass is 9.40. The summed E-state index contributed by atoms with van der Waals surface area (Å²) >= 11 is 0. The summed E-state index contributed by atoms with van der Waals surface area (Å²) in [5, 5.41) is 10.5. The van der Waals surface area contributed by atoms with E-state index in [9.17, 15) is 9.90 Å². The van der Waals surface area contributed by atoms with E-state index in [-0.39, 0.29) is 23.0 Å². The van der Waals surface area contributed by atoms with Crippen LogP contribution in [-0.2, 0) is 4.79 Å². The molecular formula is C31H55NO2. The summed E-state index contributed by atoms with van der Waals surface area (Å²) in [5.41, 5.74) is 7.60. The highest BCUT2D eigenvalue weighted by Crippen LogP contribution is 2.69. The van der Waals surface area contributed by atoms with Crippen LogP contribution in [-0.4, -0.2) is 22.5 Å². The normalized spacial score (nSPS) is 48.1. The van der Waals surface area contributed by atoms with Crippen molar-refractivity contribution >= 4 is 5.78 Å². The van der Waals surface area contributed by atoms with E-state index < -0.39 is 0 Å². The van der Waals surface area contributed by atoms with Crippen molar-refractivity contribution in [1.82, 2.24) is 0 Å². The van der Waals surface area contributed by atoms with Crippen LogP contribution in [0.5, 0.6) is 0 Å². The number of nitrogens with two attached hydrogens (primary N) is 1. The van der Waals surface area contributed by atoms with Gasteiger partial charge in [0.05, 0.1) is 6.10 Å². The maximum absolute atomic E-state index is 12.5. The summed E-state index contributed by atoms with van der Waals surface area (Å²) in [6.45, 7) is 16.6. The minimum absolute atomic E-state index is 0.180. The lowest BCUT2D eigenvalue weighted by Gasteiger charge is -2.66. The highest BCUT2D eigenvalue weighted by molar-refractivity contribution is 5.80. The number of carbonyl (C=O) groups excluding carboxylic acids is 1. The second-order valence-electron chi connectivity index (χ2n) is 14.4. The molecule has 0 amide bonds. The molecular weight excluding hydrogens is 418 g/mol. The van der Waals surface area contributed by atoms with Crippen molar-refractivity contribution in [3.63, 3.8) is 0 Å². The Morgan fingerprint density at radius 1 is 1.00 bits per heavy atom. The highest BCUT2D eigenvalue weighted by Gasteiger charge is 2.65. The van der Waals surface area contributed by atoms with Crippen LogP contribution < -0.4 is 5.73 Å². The fraction of sp³-hybridized carbons (Fsp3) is 0.968. The summed E-state index contributed by atoms with van der Waals surface area (Å²) in [7, 11) is 0. The molecule has 3 N–H and O–H groups in total. The van der Waals surface area contributed by atoms with Crippen LogP contribution in [0.1, 0.15) is 119 Å². The first-order chi connectivity index (χ1) is 15.9. The molecule has 4 saturated carbocycles. The minimum atomic E-state index is -0.207. The standard InChI is InChI=1S/C31H55NO2/c1-8-27(34)23(19(2)3)10-9-20(4)24-11-12-25-28-21(5)17-31(32)18-22(33)13-16-30(31,7)26(28)14-15-29(24,25)6/h19-26,28,33H,8-18,32H2,1-7H3/t20?,21-,22?,23?,24?,25?,26?,28?,29?,30?,31?/m0/s1. The Kier molecular flexibility index (Phi) is 7.43. The van der Waals surface area contributed by atoms with Gasteiger partial charge in [-0.05, 0) is 116 Å². The smallest absolute Gasteiger partial charge is 0.135 e. The molecule has 4 aliphatic rings. The number of hydrogen-bond acceptors (Lipinski definition) is 3. The van der Waals surface area contributed by atoms with Gasteiger partial charge in [-0.3, -0.25) is 4.79 Å². The molecule has 4 aliphatic carbocycles. The maximum Gasteiger partial charge on any atom is 0.135 e. The predicted octanol–water partition coefficient (Wildman–Crippen LogP) is 7.00. The van der Waals surface area contributed by atoms with Gasteiger partial charge in [0.2, 0.25) is 0 Å². The van der Waals surface area contributed by atoms with Crippen LogP contribution in [0.15, 0.2) is 0 Å². The van der Waals surface area contributed by atoms with E-state index in [1.165, 1.54) is 32.1 Å². The molecule has 0 aliphatic heterocycles. The molecule has 0 saturated heterocycles. The fourth-order valence-electron chi connectivity index (χ4n) is 10.5. The molecule has 196 valence electrons. The first-order valence-corrected chi connectivity index (χ1v) is 14.9. The van der Waals surface area contributed by atoms with Crippen LogP contribution in [0, 0.1) is 58.2 Å². The molecule has 3 heteroatoms. The molecule has 10 unspecified atom stereocenters. The molecule has 0 heterocycles. The summed E-state index contributed by atoms with van der Waals surface area (Å²) in [6.07, 6.45) is 12.1. The highest BCUT2D eigenvalue weighted by atomic mass is 16.3. The van der Waals surface area contributed by atoms with Gasteiger partial charge in [-0.2, -0.15) is 0 Å². The van der Waals surface area contributed by atoms with E-state index in [0.29, 0.717) is 41.3 Å². The quantitative estimate of drug-likeness (QED) is 0.418. The molecule has 4 fully saturated rings. The number of carbonyl (C=O) groups is 1. The van der Waals surface area contributed by atoms with E-state index in [1.54, 1.807) is 0 Å². The number of ketones is 1. The average Bonchev–Trinajstić information content (AvgIpc) is 3.11. The van der Waals surface area contributed by atoms with Gasteiger partial charge in [0.1, 0.15) is 5.78 Å². The van der Waals surface area contributed by atoms with Gasteiger partial charge >= 0.3 is 0 Å². The Morgan fingerprint density at radius 2 is 1.71 bits per heavy atom. The zero-order valence-electron chi connectivity index (χ0n) is 23.4. The van der Waals surface area contributed by atoms with Gasteiger partial charge in [-0.15, -0.1) is 0 Å². The van der Waals surface area contributed by atoms with E-state index >= 15 is 0 Å². The van der Waals surface area contributed by atoms with Crippen molar-refractivity contribution in [2.24, 2.45) is 63.9 Å². The van der Waals surface area contributed by atoms with Crippen molar-refractivity contribution < 1.29 is 9.90 Å². The largest absolute Gasteiger partial charge is 0.393 e. The number of hydrogen-bond donors (Lipinski definition) is 2. The summed E-state index contributed by atoms with van der Waals surface area (Å²) in [5.74, 6) is 5.63. The van der Waals surface area contributed by atoms with Gasteiger partial charge in [0.15, 0.2) is 0 Å². The Hall–Kier alpha value is -0.410. The molecule has 0 spiro atoms. The topological polar surface area (TPSA) is 63.3 Å². The maximum atomic E-state index is 12.5. The van der Waals surface area contributed by atoms with E-state index in [1.807, 2.05) is 6.92 Å². The number of fused-ring (bicyclic) bond motifs is 5. The van der Waals surface area contributed by atoms with Crippen LogP contribution in [0.4, 0.5) is 0 Å². The lowest BCUT2D eigenvalue weighted by molar-refractivity contribution is -0.160. The first kappa shape index (κ1) is 26.6. The molecule has 4 rings (SSSR count). The van der Waals surface area contributed by atoms with Crippen molar-refractivity contribution in [3.05, 3.63) is 0 Å². The Bertz CT molecular complexity index is 750. The second-order valence-corrected chi connectivity index (χ2v) is 14.4. The Morgan fingerprint density at radius 3 is 2.35 bits per heavy atom. The number of aliphatic hydroxyl groups is 1. The third-order valence-electron chi connectivity index (χ3n) is 12.5. The molecule has 0 bridgehead atoms. The molecule has 0 aromatic heterocycles. The van der Waals surface area contributed by atoms with Crippen LogP contribution in [0.3, 0.4) is 0 Å². The van der Waals surface area contributed by atoms with E-state index in [0.717, 1.165) is 49.9 Å². The van der Waals surface area contributed by atoms with Gasteiger partial charge in [-0.1, -0.05) is 48.5 Å². The van der Waals surface area contributed by atoms with Crippen LogP contribution >= 0.6 is 0 Å². The third-order valence-corrected chi connectivity index (χ3v) is 12.5. The second kappa shape index (κ2) is 9.47. The minimum Gasteiger partial charge on any atom is -0.393 e. The van der Waals surface area contributed by atoms with Crippen molar-refractivity contribution in [2.75, 3.05) is 0 Å². The van der Waals surface area contributed by atoms with Crippen LogP contribution in [0.2, 0.25) is 0 Å². The summed E-state index contributed by atoms with van der Waals surface area (Å²) in [6, 6.07) is 0. The number of rotatable bonds is 7. The summed E-state index contributed by atoms with van der Waals surface area (Å²) < 4.78 is 0. The SMILES string of the molecule is CCC(=O)C(CCC(C)C1CCC2C3C(CCC12C)C1(C)CCC(O)CC1(N)C[C@@H]3C)C(C)C. The van der Waals surface area contributed by atoms with Gasteiger partial charge < -0.3 is 10.8 Å². The molecule has 0 aromatic carbocycles. The van der Waals surface area contributed by atoms with Crippen molar-refractivity contribution in [2.45, 2.75) is 131 Å². The average molecular weight is 474 g/mol. The van der Waals surface area contributed by atoms with Gasteiger partial charge in [0, 0.05) is 17.9 Å². The number of Topliss-reactive ketones (excluding diaryl/α,β-unsaturated/α-hetero) is 1. The van der Waals surface area contributed by atoms with Crippen molar-refractivity contribution in [3.8, 4) is 0 Å². The van der Waals surface area contributed by atoms with Crippen molar-refractivity contribution in [1.29, 1.82) is 0 Å².